The second-order valence-corrected chi connectivity index (χ2v) is 6.82. The molecule has 1 amide bonds. The average Bonchev–Trinajstić information content (AvgIpc) is 3.18. The molecule has 1 aliphatic heterocycles. The summed E-state index contributed by atoms with van der Waals surface area (Å²) < 4.78 is 18.4. The van der Waals surface area contributed by atoms with Gasteiger partial charge in [-0.3, -0.25) is 4.79 Å². The van der Waals surface area contributed by atoms with Crippen molar-refractivity contribution >= 4 is 5.91 Å². The third kappa shape index (κ3) is 4.05. The van der Waals surface area contributed by atoms with E-state index in [9.17, 15) is 9.18 Å². The van der Waals surface area contributed by atoms with Crippen LogP contribution in [-0.2, 0) is 6.42 Å². The van der Waals surface area contributed by atoms with Gasteiger partial charge in [0.05, 0.1) is 0 Å². The van der Waals surface area contributed by atoms with E-state index in [4.69, 9.17) is 4.52 Å². The number of nitrogens with zero attached hydrogens (tertiary/aromatic N) is 3. The molecule has 2 heterocycles. The fraction of sp³-hybridized carbons (Fsp3) is 0.286. The largest absolute Gasteiger partial charge is 0.339 e. The normalized spacial score (nSPS) is 15.1. The molecule has 138 valence electrons. The molecule has 1 aliphatic rings. The second kappa shape index (κ2) is 7.70. The van der Waals surface area contributed by atoms with Crippen LogP contribution in [0.4, 0.5) is 4.39 Å². The van der Waals surface area contributed by atoms with Gasteiger partial charge in [0.25, 0.3) is 5.91 Å². The van der Waals surface area contributed by atoms with Crippen molar-refractivity contribution in [2.45, 2.75) is 19.3 Å². The molecular weight excluding hydrogens is 345 g/mol. The molecule has 0 unspecified atom stereocenters. The first-order valence-electron chi connectivity index (χ1n) is 9.12. The van der Waals surface area contributed by atoms with Crippen LogP contribution in [0.5, 0.6) is 0 Å². The zero-order chi connectivity index (χ0) is 18.6. The summed E-state index contributed by atoms with van der Waals surface area (Å²) in [6.07, 6.45) is 2.49. The predicted molar refractivity (Wildman–Crippen MR) is 98.5 cm³/mol. The van der Waals surface area contributed by atoms with Crippen LogP contribution in [0.15, 0.2) is 59.1 Å². The number of piperidine rings is 1. The van der Waals surface area contributed by atoms with E-state index in [1.165, 1.54) is 24.3 Å². The summed E-state index contributed by atoms with van der Waals surface area (Å²) in [5.41, 5.74) is 1.46. The minimum Gasteiger partial charge on any atom is -0.339 e. The van der Waals surface area contributed by atoms with E-state index in [0.29, 0.717) is 36.3 Å². The fourth-order valence-corrected chi connectivity index (χ4v) is 3.40. The van der Waals surface area contributed by atoms with Gasteiger partial charge in [-0.15, -0.1) is 0 Å². The lowest BCUT2D eigenvalue weighted by Gasteiger charge is -2.31. The smallest absolute Gasteiger partial charge is 0.253 e. The molecule has 2 aromatic carbocycles. The van der Waals surface area contributed by atoms with E-state index in [1.807, 2.05) is 35.2 Å². The van der Waals surface area contributed by atoms with Crippen molar-refractivity contribution in [2.75, 3.05) is 13.1 Å². The predicted octanol–water partition coefficient (Wildman–Crippen LogP) is 3.97. The van der Waals surface area contributed by atoms with Gasteiger partial charge in [0, 0.05) is 30.6 Å². The van der Waals surface area contributed by atoms with Crippen molar-refractivity contribution in [3.05, 3.63) is 71.9 Å². The SMILES string of the molecule is O=C(c1ccc(F)cc1)N1CCC(Cc2nc(-c3ccccc3)no2)CC1. The first-order chi connectivity index (χ1) is 13.2. The van der Waals surface area contributed by atoms with Crippen molar-refractivity contribution in [1.29, 1.82) is 0 Å². The summed E-state index contributed by atoms with van der Waals surface area (Å²) >= 11 is 0. The number of benzene rings is 2. The van der Waals surface area contributed by atoms with Gasteiger partial charge in [-0.1, -0.05) is 35.5 Å². The molecule has 1 saturated heterocycles. The number of carbonyl (C=O) groups is 1. The number of amides is 1. The molecule has 0 saturated carbocycles. The Kier molecular flexibility index (Phi) is 4.96. The molecule has 1 fully saturated rings. The Bertz CT molecular complexity index is 901. The minimum atomic E-state index is -0.334. The van der Waals surface area contributed by atoms with Gasteiger partial charge in [0.15, 0.2) is 0 Å². The summed E-state index contributed by atoms with van der Waals surface area (Å²) in [4.78, 5) is 18.8. The first kappa shape index (κ1) is 17.4. The maximum atomic E-state index is 13.0. The lowest BCUT2D eigenvalue weighted by atomic mass is 9.93. The first-order valence-corrected chi connectivity index (χ1v) is 9.12. The third-order valence-corrected chi connectivity index (χ3v) is 4.96. The van der Waals surface area contributed by atoms with Gasteiger partial charge in [0.2, 0.25) is 11.7 Å². The van der Waals surface area contributed by atoms with Crippen LogP contribution in [0.2, 0.25) is 0 Å². The monoisotopic (exact) mass is 365 g/mol. The van der Waals surface area contributed by atoms with E-state index in [-0.39, 0.29) is 11.7 Å². The molecule has 4 rings (SSSR count). The molecule has 0 N–H and O–H groups in total. The van der Waals surface area contributed by atoms with E-state index in [2.05, 4.69) is 10.1 Å². The number of hydrogen-bond donors (Lipinski definition) is 0. The lowest BCUT2D eigenvalue weighted by Crippen LogP contribution is -2.38. The Morgan fingerprint density at radius 3 is 2.48 bits per heavy atom. The van der Waals surface area contributed by atoms with Crippen molar-refractivity contribution in [2.24, 2.45) is 5.92 Å². The molecule has 0 atom stereocenters. The van der Waals surface area contributed by atoms with Gasteiger partial charge < -0.3 is 9.42 Å². The summed E-state index contributed by atoms with van der Waals surface area (Å²) in [7, 11) is 0. The highest BCUT2D eigenvalue weighted by atomic mass is 19.1. The highest BCUT2D eigenvalue weighted by Gasteiger charge is 2.25. The lowest BCUT2D eigenvalue weighted by molar-refractivity contribution is 0.0687. The van der Waals surface area contributed by atoms with E-state index < -0.39 is 0 Å². The molecule has 0 aliphatic carbocycles. The van der Waals surface area contributed by atoms with Gasteiger partial charge in [-0.25, -0.2) is 4.39 Å². The Hall–Kier alpha value is -3.02. The number of rotatable bonds is 4. The van der Waals surface area contributed by atoms with E-state index in [0.717, 1.165) is 24.8 Å². The van der Waals surface area contributed by atoms with Crippen LogP contribution in [0.1, 0.15) is 29.1 Å². The number of aromatic nitrogens is 2. The number of halogens is 1. The third-order valence-electron chi connectivity index (χ3n) is 4.96. The highest BCUT2D eigenvalue weighted by molar-refractivity contribution is 5.94. The molecule has 3 aromatic rings. The molecule has 0 bridgehead atoms. The van der Waals surface area contributed by atoms with Crippen molar-refractivity contribution in [1.82, 2.24) is 15.0 Å². The Balaban J connectivity index is 1.33. The van der Waals surface area contributed by atoms with E-state index >= 15 is 0 Å². The quantitative estimate of drug-likeness (QED) is 0.702. The van der Waals surface area contributed by atoms with Gasteiger partial charge in [-0.05, 0) is 43.0 Å². The van der Waals surface area contributed by atoms with Crippen molar-refractivity contribution < 1.29 is 13.7 Å². The molecule has 0 radical (unpaired) electrons. The maximum Gasteiger partial charge on any atom is 0.253 e. The second-order valence-electron chi connectivity index (χ2n) is 6.82. The molecule has 0 spiro atoms. The average molecular weight is 365 g/mol. The number of likely N-dealkylation sites (tertiary alicyclic amines) is 1. The molecule has 1 aromatic heterocycles. The van der Waals surface area contributed by atoms with Gasteiger partial charge in [-0.2, -0.15) is 4.98 Å². The molecule has 27 heavy (non-hydrogen) atoms. The number of hydrogen-bond acceptors (Lipinski definition) is 4. The van der Waals surface area contributed by atoms with Crippen LogP contribution in [-0.4, -0.2) is 34.0 Å². The summed E-state index contributed by atoms with van der Waals surface area (Å²) in [6.45, 7) is 1.36. The van der Waals surface area contributed by atoms with Crippen molar-refractivity contribution in [3.8, 4) is 11.4 Å². The standard InChI is InChI=1S/C21H20FN3O2/c22-18-8-6-17(7-9-18)21(26)25-12-10-15(11-13-25)14-19-23-20(24-27-19)16-4-2-1-3-5-16/h1-9,15H,10-14H2. The summed E-state index contributed by atoms with van der Waals surface area (Å²) in [5.74, 6) is 1.27. The van der Waals surface area contributed by atoms with Crippen molar-refractivity contribution in [3.63, 3.8) is 0 Å². The summed E-state index contributed by atoms with van der Waals surface area (Å²) in [5, 5.41) is 4.06. The Morgan fingerprint density at radius 1 is 1.07 bits per heavy atom. The van der Waals surface area contributed by atoms with E-state index in [1.54, 1.807) is 0 Å². The van der Waals surface area contributed by atoms with Crippen LogP contribution in [0.25, 0.3) is 11.4 Å². The highest BCUT2D eigenvalue weighted by Crippen LogP contribution is 2.24. The van der Waals surface area contributed by atoms with Crippen LogP contribution in [0.3, 0.4) is 0 Å². The topological polar surface area (TPSA) is 59.2 Å². The van der Waals surface area contributed by atoms with Crippen LogP contribution < -0.4 is 0 Å². The van der Waals surface area contributed by atoms with Crippen LogP contribution in [0, 0.1) is 11.7 Å². The van der Waals surface area contributed by atoms with Crippen LogP contribution >= 0.6 is 0 Å². The maximum absolute atomic E-state index is 13.0. The van der Waals surface area contributed by atoms with Gasteiger partial charge in [0.1, 0.15) is 5.82 Å². The Labute approximate surface area is 156 Å². The zero-order valence-electron chi connectivity index (χ0n) is 14.8. The molecule has 5 nitrogen and oxygen atoms in total. The zero-order valence-corrected chi connectivity index (χ0v) is 14.8. The molecular formula is C21H20FN3O2. The van der Waals surface area contributed by atoms with Gasteiger partial charge >= 0.3 is 0 Å². The molecule has 6 heteroatoms. The Morgan fingerprint density at radius 2 is 1.78 bits per heavy atom. The number of carbonyl (C=O) groups excluding carboxylic acids is 1. The fourth-order valence-electron chi connectivity index (χ4n) is 3.40. The minimum absolute atomic E-state index is 0.0439. The summed E-state index contributed by atoms with van der Waals surface area (Å²) in [6, 6.07) is 15.5.